The van der Waals surface area contributed by atoms with E-state index in [1.165, 1.54) is 16.9 Å². The standard InChI is InChI=1S/C23H21N3O3S/c1-16-5-7-17(8-6-16)23-26-19(12-29-23)9-10-24-22(27)18-3-2-4-21(11-18)28-13-20-14-30-15-25-20/h2-8,11-12,14-15H,9-10,13H2,1H3,(H,24,27). The fourth-order valence-electron chi connectivity index (χ4n) is 2.85. The van der Waals surface area contributed by atoms with Crippen LogP contribution in [0.4, 0.5) is 0 Å². The van der Waals surface area contributed by atoms with Gasteiger partial charge in [-0.25, -0.2) is 9.97 Å². The fourth-order valence-corrected chi connectivity index (χ4v) is 3.39. The number of benzene rings is 2. The van der Waals surface area contributed by atoms with E-state index < -0.39 is 0 Å². The van der Waals surface area contributed by atoms with Crippen molar-refractivity contribution in [3.63, 3.8) is 0 Å². The molecule has 2 heterocycles. The van der Waals surface area contributed by atoms with Gasteiger partial charge in [0.25, 0.3) is 5.91 Å². The number of rotatable bonds is 8. The smallest absolute Gasteiger partial charge is 0.251 e. The second kappa shape index (κ2) is 9.37. The number of aromatic nitrogens is 2. The molecule has 6 nitrogen and oxygen atoms in total. The van der Waals surface area contributed by atoms with Crippen molar-refractivity contribution in [3.05, 3.63) is 88.2 Å². The van der Waals surface area contributed by atoms with Crippen molar-refractivity contribution in [1.82, 2.24) is 15.3 Å². The van der Waals surface area contributed by atoms with Crippen molar-refractivity contribution >= 4 is 17.2 Å². The van der Waals surface area contributed by atoms with Crippen LogP contribution < -0.4 is 10.1 Å². The summed E-state index contributed by atoms with van der Waals surface area (Å²) in [7, 11) is 0. The van der Waals surface area contributed by atoms with Crippen molar-refractivity contribution in [2.24, 2.45) is 0 Å². The number of nitrogens with zero attached hydrogens (tertiary/aromatic N) is 2. The Morgan fingerprint density at radius 2 is 2.03 bits per heavy atom. The minimum atomic E-state index is -0.156. The average molecular weight is 420 g/mol. The maximum atomic E-state index is 12.5. The third-order valence-corrected chi connectivity index (χ3v) is 5.12. The minimum absolute atomic E-state index is 0.156. The highest BCUT2D eigenvalue weighted by atomic mass is 32.1. The van der Waals surface area contributed by atoms with E-state index in [0.29, 0.717) is 36.8 Å². The number of thiazole rings is 1. The van der Waals surface area contributed by atoms with Crippen LogP contribution in [0.3, 0.4) is 0 Å². The summed E-state index contributed by atoms with van der Waals surface area (Å²) >= 11 is 1.52. The van der Waals surface area contributed by atoms with E-state index in [1.54, 1.807) is 30.0 Å². The van der Waals surface area contributed by atoms with Gasteiger partial charge >= 0.3 is 0 Å². The van der Waals surface area contributed by atoms with E-state index >= 15 is 0 Å². The molecule has 2 aromatic carbocycles. The van der Waals surface area contributed by atoms with Crippen LogP contribution in [0.25, 0.3) is 11.5 Å². The monoisotopic (exact) mass is 419 g/mol. The first-order chi connectivity index (χ1) is 14.7. The summed E-state index contributed by atoms with van der Waals surface area (Å²) in [5.41, 5.74) is 6.10. The average Bonchev–Trinajstić information content (AvgIpc) is 3.45. The summed E-state index contributed by atoms with van der Waals surface area (Å²) in [6.45, 7) is 2.88. The minimum Gasteiger partial charge on any atom is -0.487 e. The number of hydrogen-bond donors (Lipinski definition) is 1. The second-order valence-electron chi connectivity index (χ2n) is 6.81. The van der Waals surface area contributed by atoms with E-state index in [-0.39, 0.29) is 5.91 Å². The summed E-state index contributed by atoms with van der Waals surface area (Å²) in [4.78, 5) is 21.1. The highest BCUT2D eigenvalue weighted by Crippen LogP contribution is 2.19. The Morgan fingerprint density at radius 1 is 1.17 bits per heavy atom. The summed E-state index contributed by atoms with van der Waals surface area (Å²) in [5.74, 6) is 1.06. The molecule has 0 radical (unpaired) electrons. The van der Waals surface area contributed by atoms with Crippen molar-refractivity contribution in [1.29, 1.82) is 0 Å². The summed E-state index contributed by atoms with van der Waals surface area (Å²) < 4.78 is 11.3. The van der Waals surface area contributed by atoms with E-state index in [2.05, 4.69) is 15.3 Å². The first kappa shape index (κ1) is 19.8. The highest BCUT2D eigenvalue weighted by Gasteiger charge is 2.09. The molecule has 1 amide bonds. The predicted octanol–water partition coefficient (Wildman–Crippen LogP) is 4.66. The van der Waals surface area contributed by atoms with E-state index in [1.807, 2.05) is 42.6 Å². The van der Waals surface area contributed by atoms with Gasteiger partial charge in [-0.3, -0.25) is 4.79 Å². The molecule has 7 heteroatoms. The Bertz CT molecular complexity index is 1100. The maximum absolute atomic E-state index is 12.5. The number of carbonyl (C=O) groups excluding carboxylic acids is 1. The van der Waals surface area contributed by atoms with E-state index in [4.69, 9.17) is 9.15 Å². The lowest BCUT2D eigenvalue weighted by molar-refractivity contribution is 0.0953. The van der Waals surface area contributed by atoms with Crippen LogP contribution in [-0.2, 0) is 13.0 Å². The molecule has 0 fully saturated rings. The third-order valence-electron chi connectivity index (χ3n) is 4.48. The largest absolute Gasteiger partial charge is 0.487 e. The topological polar surface area (TPSA) is 77.2 Å². The Hall–Kier alpha value is -3.45. The first-order valence-corrected chi connectivity index (χ1v) is 10.5. The van der Waals surface area contributed by atoms with Crippen LogP contribution in [0.5, 0.6) is 5.75 Å². The molecule has 0 saturated carbocycles. The van der Waals surface area contributed by atoms with Gasteiger partial charge in [0.2, 0.25) is 5.89 Å². The Kier molecular flexibility index (Phi) is 6.20. The van der Waals surface area contributed by atoms with Crippen LogP contribution >= 0.6 is 11.3 Å². The quantitative estimate of drug-likeness (QED) is 0.450. The number of oxazole rings is 1. The van der Waals surface area contributed by atoms with Crippen LogP contribution in [0.15, 0.2) is 70.1 Å². The Balaban J connectivity index is 1.28. The van der Waals surface area contributed by atoms with Gasteiger partial charge in [-0.05, 0) is 37.3 Å². The van der Waals surface area contributed by atoms with Crippen molar-refractivity contribution in [2.45, 2.75) is 20.0 Å². The van der Waals surface area contributed by atoms with E-state index in [0.717, 1.165) is 17.0 Å². The van der Waals surface area contributed by atoms with Gasteiger partial charge in [-0.2, -0.15) is 0 Å². The molecule has 4 aromatic rings. The molecule has 0 aliphatic carbocycles. The molecule has 2 aromatic heterocycles. The highest BCUT2D eigenvalue weighted by molar-refractivity contribution is 7.07. The Labute approximate surface area is 178 Å². The van der Waals surface area contributed by atoms with Gasteiger partial charge < -0.3 is 14.5 Å². The lowest BCUT2D eigenvalue weighted by Gasteiger charge is -2.07. The molecule has 0 aliphatic heterocycles. The summed E-state index contributed by atoms with van der Waals surface area (Å²) in [5, 5.41) is 4.85. The zero-order chi connectivity index (χ0) is 20.8. The molecular weight excluding hydrogens is 398 g/mol. The molecular formula is C23H21N3O3S. The van der Waals surface area contributed by atoms with Gasteiger partial charge in [-0.15, -0.1) is 11.3 Å². The predicted molar refractivity (Wildman–Crippen MR) is 116 cm³/mol. The number of aryl methyl sites for hydroxylation is 1. The Morgan fingerprint density at radius 3 is 2.83 bits per heavy atom. The lowest BCUT2D eigenvalue weighted by Crippen LogP contribution is -2.25. The van der Waals surface area contributed by atoms with Gasteiger partial charge in [0.15, 0.2) is 0 Å². The van der Waals surface area contributed by atoms with Crippen LogP contribution in [0.2, 0.25) is 0 Å². The zero-order valence-electron chi connectivity index (χ0n) is 16.5. The van der Waals surface area contributed by atoms with Gasteiger partial charge in [-0.1, -0.05) is 23.8 Å². The third kappa shape index (κ3) is 5.12. The zero-order valence-corrected chi connectivity index (χ0v) is 17.3. The second-order valence-corrected chi connectivity index (χ2v) is 7.53. The number of carbonyl (C=O) groups is 1. The number of nitrogens with one attached hydrogen (secondary N) is 1. The fraction of sp³-hybridized carbons (Fsp3) is 0.174. The molecule has 0 atom stereocenters. The molecule has 0 saturated heterocycles. The molecule has 0 bridgehead atoms. The van der Waals surface area contributed by atoms with Crippen LogP contribution in [-0.4, -0.2) is 22.4 Å². The van der Waals surface area contributed by atoms with Crippen LogP contribution in [0.1, 0.15) is 27.3 Å². The van der Waals surface area contributed by atoms with Gasteiger partial charge in [0, 0.05) is 29.5 Å². The number of ether oxygens (including phenoxy) is 1. The molecule has 1 N–H and O–H groups in total. The van der Waals surface area contributed by atoms with Crippen LogP contribution in [0, 0.1) is 6.92 Å². The molecule has 0 spiro atoms. The van der Waals surface area contributed by atoms with Crippen molar-refractivity contribution < 1.29 is 13.9 Å². The molecule has 30 heavy (non-hydrogen) atoms. The number of amides is 1. The molecule has 4 rings (SSSR count). The maximum Gasteiger partial charge on any atom is 0.251 e. The molecule has 0 unspecified atom stereocenters. The normalized spacial score (nSPS) is 10.7. The molecule has 0 aliphatic rings. The van der Waals surface area contributed by atoms with Gasteiger partial charge in [0.1, 0.15) is 18.6 Å². The van der Waals surface area contributed by atoms with E-state index in [9.17, 15) is 4.79 Å². The first-order valence-electron chi connectivity index (χ1n) is 9.57. The summed E-state index contributed by atoms with van der Waals surface area (Å²) in [6, 6.07) is 15.1. The lowest BCUT2D eigenvalue weighted by atomic mass is 10.1. The van der Waals surface area contributed by atoms with Crippen molar-refractivity contribution in [2.75, 3.05) is 6.54 Å². The molecule has 152 valence electrons. The van der Waals surface area contributed by atoms with Gasteiger partial charge in [0.05, 0.1) is 16.9 Å². The number of hydrogen-bond acceptors (Lipinski definition) is 6. The van der Waals surface area contributed by atoms with Crippen molar-refractivity contribution in [3.8, 4) is 17.2 Å². The SMILES string of the molecule is Cc1ccc(-c2nc(CCNC(=O)c3cccc(OCc4cscn4)c3)co2)cc1. The summed E-state index contributed by atoms with van der Waals surface area (Å²) in [6.07, 6.45) is 2.22.